The van der Waals surface area contributed by atoms with E-state index in [-0.39, 0.29) is 11.9 Å². The van der Waals surface area contributed by atoms with Gasteiger partial charge in [-0.3, -0.25) is 4.79 Å². The van der Waals surface area contributed by atoms with Crippen molar-refractivity contribution in [3.8, 4) is 22.4 Å². The van der Waals surface area contributed by atoms with Crippen LogP contribution >= 0.6 is 0 Å². The SMILES string of the molecule is O=CN1CCCC1c1cccc(-c2ccn3nc(-c4ccc(F)cc4)cc3c2)c1. The van der Waals surface area contributed by atoms with E-state index in [9.17, 15) is 9.18 Å². The first kappa shape index (κ1) is 17.6. The molecule has 2 aromatic carbocycles. The van der Waals surface area contributed by atoms with Crippen LogP contribution in [0.15, 0.2) is 72.9 Å². The standard InChI is InChI=1S/C24H20FN3O/c25-21-8-6-17(7-9-21)23-15-22-14-19(10-12-28(22)26-23)18-3-1-4-20(13-18)24-5-2-11-27(24)16-29/h1,3-4,6-10,12-16,24H,2,5,11H2. The van der Waals surface area contributed by atoms with E-state index in [0.29, 0.717) is 0 Å². The van der Waals surface area contributed by atoms with Crippen molar-refractivity contribution in [1.82, 2.24) is 14.5 Å². The van der Waals surface area contributed by atoms with E-state index in [2.05, 4.69) is 35.4 Å². The number of carbonyl (C=O) groups is 1. The number of rotatable bonds is 4. The lowest BCUT2D eigenvalue weighted by Crippen LogP contribution is -2.21. The molecule has 2 aromatic heterocycles. The number of amides is 1. The van der Waals surface area contributed by atoms with Gasteiger partial charge in [-0.05, 0) is 78.1 Å². The fraction of sp³-hybridized carbons (Fsp3) is 0.167. The minimum atomic E-state index is -0.255. The Bertz CT molecular complexity index is 1180. The summed E-state index contributed by atoms with van der Waals surface area (Å²) >= 11 is 0. The number of hydrogen-bond acceptors (Lipinski definition) is 2. The van der Waals surface area contributed by atoms with Gasteiger partial charge in [-0.2, -0.15) is 5.10 Å². The Morgan fingerprint density at radius 3 is 2.62 bits per heavy atom. The van der Waals surface area contributed by atoms with E-state index in [1.54, 1.807) is 12.1 Å². The molecule has 1 amide bonds. The minimum absolute atomic E-state index is 0.163. The summed E-state index contributed by atoms with van der Waals surface area (Å²) in [4.78, 5) is 13.2. The second-order valence-corrected chi connectivity index (χ2v) is 7.45. The van der Waals surface area contributed by atoms with E-state index >= 15 is 0 Å². The molecule has 1 aliphatic heterocycles. The fourth-order valence-electron chi connectivity index (χ4n) is 4.13. The highest BCUT2D eigenvalue weighted by atomic mass is 19.1. The summed E-state index contributed by atoms with van der Waals surface area (Å²) in [5, 5.41) is 4.60. The van der Waals surface area contributed by atoms with Crippen molar-refractivity contribution in [2.45, 2.75) is 18.9 Å². The average molecular weight is 385 g/mol. The molecule has 144 valence electrons. The van der Waals surface area contributed by atoms with Crippen LogP contribution in [0.5, 0.6) is 0 Å². The number of benzene rings is 2. The molecule has 0 bridgehead atoms. The third kappa shape index (κ3) is 3.29. The number of pyridine rings is 1. The lowest BCUT2D eigenvalue weighted by Gasteiger charge is -2.20. The molecule has 1 aliphatic rings. The van der Waals surface area contributed by atoms with Crippen LogP contribution in [0.4, 0.5) is 4.39 Å². The molecule has 1 fully saturated rings. The maximum Gasteiger partial charge on any atom is 0.210 e. The van der Waals surface area contributed by atoms with Crippen molar-refractivity contribution < 1.29 is 9.18 Å². The van der Waals surface area contributed by atoms with E-state index in [4.69, 9.17) is 0 Å². The number of carbonyl (C=O) groups excluding carboxylic acids is 1. The van der Waals surface area contributed by atoms with Crippen molar-refractivity contribution in [3.05, 3.63) is 84.3 Å². The number of aromatic nitrogens is 2. The van der Waals surface area contributed by atoms with Crippen molar-refractivity contribution >= 4 is 11.9 Å². The molecule has 29 heavy (non-hydrogen) atoms. The van der Waals surface area contributed by atoms with E-state index in [1.165, 1.54) is 17.7 Å². The summed E-state index contributed by atoms with van der Waals surface area (Å²) in [5.74, 6) is -0.255. The van der Waals surface area contributed by atoms with Crippen LogP contribution in [0.25, 0.3) is 27.9 Å². The Kier molecular flexibility index (Phi) is 4.35. The number of halogens is 1. The van der Waals surface area contributed by atoms with E-state index < -0.39 is 0 Å². The normalized spacial score (nSPS) is 16.4. The van der Waals surface area contributed by atoms with Gasteiger partial charge in [0.2, 0.25) is 6.41 Å². The van der Waals surface area contributed by atoms with Crippen LogP contribution in [0.1, 0.15) is 24.4 Å². The molecule has 1 atom stereocenters. The van der Waals surface area contributed by atoms with Crippen LogP contribution in [0, 0.1) is 5.82 Å². The van der Waals surface area contributed by atoms with Crippen molar-refractivity contribution in [3.63, 3.8) is 0 Å². The van der Waals surface area contributed by atoms with Gasteiger partial charge in [-0.25, -0.2) is 8.91 Å². The number of likely N-dealkylation sites (tertiary alicyclic amines) is 1. The highest BCUT2D eigenvalue weighted by molar-refractivity contribution is 5.73. The second-order valence-electron chi connectivity index (χ2n) is 7.45. The molecule has 1 saturated heterocycles. The van der Waals surface area contributed by atoms with Gasteiger partial charge >= 0.3 is 0 Å². The average Bonchev–Trinajstić information content (AvgIpc) is 3.40. The first-order valence-electron chi connectivity index (χ1n) is 9.78. The van der Waals surface area contributed by atoms with Gasteiger partial charge in [0.1, 0.15) is 5.82 Å². The number of fused-ring (bicyclic) bond motifs is 1. The smallest absolute Gasteiger partial charge is 0.210 e. The maximum absolute atomic E-state index is 13.2. The molecule has 5 rings (SSSR count). The largest absolute Gasteiger partial charge is 0.338 e. The summed E-state index contributed by atoms with van der Waals surface area (Å²) in [6.45, 7) is 0.826. The Morgan fingerprint density at radius 1 is 0.966 bits per heavy atom. The van der Waals surface area contributed by atoms with Crippen LogP contribution in [-0.2, 0) is 4.79 Å². The Hall–Kier alpha value is -3.47. The van der Waals surface area contributed by atoms with E-state index in [0.717, 1.165) is 53.7 Å². The lowest BCUT2D eigenvalue weighted by atomic mass is 9.98. The van der Waals surface area contributed by atoms with E-state index in [1.807, 2.05) is 27.7 Å². The molecule has 0 spiro atoms. The maximum atomic E-state index is 13.2. The van der Waals surface area contributed by atoms with Gasteiger partial charge < -0.3 is 4.90 Å². The predicted octanol–water partition coefficient (Wildman–Crippen LogP) is 5.10. The zero-order valence-corrected chi connectivity index (χ0v) is 15.8. The third-order valence-corrected chi connectivity index (χ3v) is 5.64. The zero-order chi connectivity index (χ0) is 19.8. The molecule has 4 nitrogen and oxygen atoms in total. The Morgan fingerprint density at radius 2 is 1.79 bits per heavy atom. The second kappa shape index (κ2) is 7.17. The van der Waals surface area contributed by atoms with Crippen LogP contribution < -0.4 is 0 Å². The van der Waals surface area contributed by atoms with Crippen molar-refractivity contribution in [1.29, 1.82) is 0 Å². The molecular formula is C24H20FN3O. The van der Waals surface area contributed by atoms with Crippen LogP contribution in [0.3, 0.4) is 0 Å². The molecular weight excluding hydrogens is 365 g/mol. The summed E-state index contributed by atoms with van der Waals surface area (Å²) < 4.78 is 15.0. The van der Waals surface area contributed by atoms with Gasteiger partial charge in [0.15, 0.2) is 0 Å². The van der Waals surface area contributed by atoms with Gasteiger partial charge in [-0.15, -0.1) is 0 Å². The molecule has 1 unspecified atom stereocenters. The summed E-state index contributed by atoms with van der Waals surface area (Å²) in [5.41, 5.74) is 6.06. The van der Waals surface area contributed by atoms with Crippen molar-refractivity contribution in [2.24, 2.45) is 0 Å². The quantitative estimate of drug-likeness (QED) is 0.458. The molecule has 4 aromatic rings. The molecule has 5 heteroatoms. The highest BCUT2D eigenvalue weighted by Crippen LogP contribution is 2.33. The van der Waals surface area contributed by atoms with Crippen molar-refractivity contribution in [2.75, 3.05) is 6.54 Å². The summed E-state index contributed by atoms with van der Waals surface area (Å²) in [6, 6.07) is 21.1. The minimum Gasteiger partial charge on any atom is -0.338 e. The highest BCUT2D eigenvalue weighted by Gasteiger charge is 2.24. The first-order chi connectivity index (χ1) is 14.2. The topological polar surface area (TPSA) is 37.6 Å². The molecule has 3 heterocycles. The van der Waals surface area contributed by atoms with Crippen LogP contribution in [-0.4, -0.2) is 27.5 Å². The molecule has 0 saturated carbocycles. The Balaban J connectivity index is 1.50. The predicted molar refractivity (Wildman–Crippen MR) is 111 cm³/mol. The molecule has 0 N–H and O–H groups in total. The van der Waals surface area contributed by atoms with Gasteiger partial charge in [0.05, 0.1) is 17.3 Å². The number of nitrogens with zero attached hydrogens (tertiary/aromatic N) is 3. The molecule has 0 radical (unpaired) electrons. The zero-order valence-electron chi connectivity index (χ0n) is 15.8. The molecule has 0 aliphatic carbocycles. The van der Waals surface area contributed by atoms with Gasteiger partial charge in [0, 0.05) is 18.3 Å². The monoisotopic (exact) mass is 385 g/mol. The fourth-order valence-corrected chi connectivity index (χ4v) is 4.13. The van der Waals surface area contributed by atoms with Crippen LogP contribution in [0.2, 0.25) is 0 Å². The summed E-state index contributed by atoms with van der Waals surface area (Å²) in [7, 11) is 0. The summed E-state index contributed by atoms with van der Waals surface area (Å²) in [6.07, 6.45) is 4.95. The third-order valence-electron chi connectivity index (χ3n) is 5.64. The lowest BCUT2D eigenvalue weighted by molar-refractivity contribution is -0.118. The van der Waals surface area contributed by atoms with Gasteiger partial charge in [-0.1, -0.05) is 18.2 Å². The van der Waals surface area contributed by atoms with Gasteiger partial charge in [0.25, 0.3) is 0 Å². The number of hydrogen-bond donors (Lipinski definition) is 0. The first-order valence-corrected chi connectivity index (χ1v) is 9.78. The Labute approximate surface area is 168 Å².